The maximum atomic E-state index is 13.2. The fraction of sp³-hybridized carbons (Fsp3) is 0.300. The second-order valence-corrected chi connectivity index (χ2v) is 3.73. The normalized spacial score (nSPS) is 9.93. The maximum Gasteiger partial charge on any atom is 0.305 e. The third-order valence-electron chi connectivity index (χ3n) is 1.83. The number of hydrogen-bond donors (Lipinski definition) is 0. The predicted molar refractivity (Wildman–Crippen MR) is 54.4 cm³/mol. The van der Waals surface area contributed by atoms with Crippen LogP contribution in [0.1, 0.15) is 12.0 Å². The maximum absolute atomic E-state index is 13.2. The Labute approximate surface area is 90.2 Å². The van der Waals surface area contributed by atoms with Crippen molar-refractivity contribution in [2.45, 2.75) is 12.8 Å². The van der Waals surface area contributed by atoms with Gasteiger partial charge in [0.25, 0.3) is 0 Å². The smallest absolute Gasteiger partial charge is 0.305 e. The van der Waals surface area contributed by atoms with Crippen LogP contribution in [0.5, 0.6) is 0 Å². The standard InChI is InChI=1S/C10H10BrFO2/c1-14-10(13)5-2-7-6-8(11)3-4-9(7)12/h3-4,6H,2,5H2,1H3. The van der Waals surface area contributed by atoms with E-state index in [1.54, 1.807) is 12.1 Å². The van der Waals surface area contributed by atoms with E-state index in [4.69, 9.17) is 0 Å². The molecule has 0 saturated heterocycles. The molecule has 0 heterocycles. The van der Waals surface area contributed by atoms with Gasteiger partial charge in [-0.25, -0.2) is 4.39 Å². The quantitative estimate of drug-likeness (QED) is 0.782. The number of ether oxygens (including phenoxy) is 1. The Morgan fingerprint density at radius 3 is 2.93 bits per heavy atom. The van der Waals surface area contributed by atoms with Gasteiger partial charge in [-0.05, 0) is 30.2 Å². The van der Waals surface area contributed by atoms with Crippen LogP contribution in [0, 0.1) is 5.82 Å². The van der Waals surface area contributed by atoms with E-state index in [0.29, 0.717) is 12.0 Å². The van der Waals surface area contributed by atoms with Crippen LogP contribution in [0.3, 0.4) is 0 Å². The molecule has 0 aliphatic rings. The van der Waals surface area contributed by atoms with Gasteiger partial charge in [0.15, 0.2) is 0 Å². The molecule has 0 radical (unpaired) electrons. The first-order chi connectivity index (χ1) is 6.63. The number of hydrogen-bond acceptors (Lipinski definition) is 2. The Morgan fingerprint density at radius 1 is 1.57 bits per heavy atom. The molecule has 0 N–H and O–H groups in total. The Morgan fingerprint density at radius 2 is 2.29 bits per heavy atom. The molecule has 0 amide bonds. The van der Waals surface area contributed by atoms with Gasteiger partial charge >= 0.3 is 5.97 Å². The van der Waals surface area contributed by atoms with Crippen LogP contribution in [-0.2, 0) is 16.0 Å². The molecule has 0 unspecified atom stereocenters. The van der Waals surface area contributed by atoms with Gasteiger partial charge in [-0.1, -0.05) is 15.9 Å². The van der Waals surface area contributed by atoms with Crippen molar-refractivity contribution in [3.8, 4) is 0 Å². The molecule has 76 valence electrons. The Kier molecular flexibility index (Phi) is 4.07. The van der Waals surface area contributed by atoms with E-state index >= 15 is 0 Å². The fourth-order valence-corrected chi connectivity index (χ4v) is 1.48. The van der Waals surface area contributed by atoms with Crippen LogP contribution in [0.4, 0.5) is 4.39 Å². The van der Waals surface area contributed by atoms with Gasteiger partial charge in [-0.15, -0.1) is 0 Å². The lowest BCUT2D eigenvalue weighted by Crippen LogP contribution is -2.03. The molecule has 0 fully saturated rings. The zero-order chi connectivity index (χ0) is 10.6. The molecule has 0 aromatic heterocycles. The molecule has 1 aromatic rings. The van der Waals surface area contributed by atoms with Crippen molar-refractivity contribution in [2.75, 3.05) is 7.11 Å². The first-order valence-electron chi connectivity index (χ1n) is 4.14. The summed E-state index contributed by atoms with van der Waals surface area (Å²) in [6, 6.07) is 4.66. The fourth-order valence-electron chi connectivity index (χ4n) is 1.07. The summed E-state index contributed by atoms with van der Waals surface area (Å²) in [6.45, 7) is 0. The minimum absolute atomic E-state index is 0.198. The molecular formula is C10H10BrFO2. The molecule has 1 aromatic carbocycles. The molecule has 14 heavy (non-hydrogen) atoms. The SMILES string of the molecule is COC(=O)CCc1cc(Br)ccc1F. The van der Waals surface area contributed by atoms with Gasteiger partial charge in [-0.2, -0.15) is 0 Å². The monoisotopic (exact) mass is 260 g/mol. The molecule has 0 aliphatic heterocycles. The minimum Gasteiger partial charge on any atom is -0.469 e. The third kappa shape index (κ3) is 3.10. The predicted octanol–water partition coefficient (Wildman–Crippen LogP) is 2.69. The second-order valence-electron chi connectivity index (χ2n) is 2.81. The van der Waals surface area contributed by atoms with Crippen molar-refractivity contribution in [2.24, 2.45) is 0 Å². The summed E-state index contributed by atoms with van der Waals surface area (Å²) in [6.07, 6.45) is 0.557. The van der Waals surface area contributed by atoms with E-state index in [9.17, 15) is 9.18 Å². The van der Waals surface area contributed by atoms with Crippen LogP contribution >= 0.6 is 15.9 Å². The Bertz CT molecular complexity index is 339. The lowest BCUT2D eigenvalue weighted by atomic mass is 10.1. The van der Waals surface area contributed by atoms with E-state index in [1.807, 2.05) is 0 Å². The zero-order valence-corrected chi connectivity index (χ0v) is 9.30. The Balaban J connectivity index is 2.66. The molecule has 1 rings (SSSR count). The van der Waals surface area contributed by atoms with Crippen molar-refractivity contribution < 1.29 is 13.9 Å². The van der Waals surface area contributed by atoms with Crippen LogP contribution in [-0.4, -0.2) is 13.1 Å². The van der Waals surface area contributed by atoms with E-state index in [0.717, 1.165) is 4.47 Å². The van der Waals surface area contributed by atoms with Crippen molar-refractivity contribution in [1.82, 2.24) is 0 Å². The summed E-state index contributed by atoms with van der Waals surface area (Å²) in [5, 5.41) is 0. The van der Waals surface area contributed by atoms with E-state index < -0.39 is 0 Å². The molecule has 2 nitrogen and oxygen atoms in total. The largest absolute Gasteiger partial charge is 0.469 e. The second kappa shape index (κ2) is 5.10. The average molecular weight is 261 g/mol. The Hall–Kier alpha value is -0.900. The van der Waals surface area contributed by atoms with Crippen LogP contribution < -0.4 is 0 Å². The molecule has 4 heteroatoms. The molecule has 0 spiro atoms. The first-order valence-corrected chi connectivity index (χ1v) is 4.93. The summed E-state index contributed by atoms with van der Waals surface area (Å²) in [4.78, 5) is 10.8. The van der Waals surface area contributed by atoms with Gasteiger partial charge in [0, 0.05) is 10.9 Å². The van der Waals surface area contributed by atoms with Crippen molar-refractivity contribution >= 4 is 21.9 Å². The van der Waals surface area contributed by atoms with Gasteiger partial charge in [0.05, 0.1) is 7.11 Å². The topological polar surface area (TPSA) is 26.3 Å². The number of carbonyl (C=O) groups excluding carboxylic acids is 1. The van der Waals surface area contributed by atoms with Crippen molar-refractivity contribution in [1.29, 1.82) is 0 Å². The number of carbonyl (C=O) groups is 1. The third-order valence-corrected chi connectivity index (χ3v) is 2.33. The number of benzene rings is 1. The molecule has 0 aliphatic carbocycles. The highest BCUT2D eigenvalue weighted by Crippen LogP contribution is 2.16. The van der Waals surface area contributed by atoms with E-state index in [1.165, 1.54) is 13.2 Å². The highest BCUT2D eigenvalue weighted by molar-refractivity contribution is 9.10. The lowest BCUT2D eigenvalue weighted by Gasteiger charge is -2.02. The summed E-state index contributed by atoms with van der Waals surface area (Å²) in [5.41, 5.74) is 0.518. The van der Waals surface area contributed by atoms with E-state index in [2.05, 4.69) is 20.7 Å². The highest BCUT2D eigenvalue weighted by Gasteiger charge is 2.06. The van der Waals surface area contributed by atoms with Gasteiger partial charge in [-0.3, -0.25) is 4.79 Å². The highest BCUT2D eigenvalue weighted by atomic mass is 79.9. The van der Waals surface area contributed by atoms with Crippen LogP contribution in [0.2, 0.25) is 0 Å². The van der Waals surface area contributed by atoms with Gasteiger partial charge < -0.3 is 4.74 Å². The molecule has 0 atom stereocenters. The number of aryl methyl sites for hydroxylation is 1. The summed E-state index contributed by atoms with van der Waals surface area (Å²) in [7, 11) is 1.32. The molecule has 0 bridgehead atoms. The lowest BCUT2D eigenvalue weighted by molar-refractivity contribution is -0.140. The summed E-state index contributed by atoms with van der Waals surface area (Å²) in [5.74, 6) is -0.624. The van der Waals surface area contributed by atoms with E-state index in [-0.39, 0.29) is 18.2 Å². The first kappa shape index (κ1) is 11.2. The van der Waals surface area contributed by atoms with Gasteiger partial charge in [0.2, 0.25) is 0 Å². The van der Waals surface area contributed by atoms with Gasteiger partial charge in [0.1, 0.15) is 5.82 Å². The number of methoxy groups -OCH3 is 1. The number of rotatable bonds is 3. The number of esters is 1. The van der Waals surface area contributed by atoms with Crippen LogP contribution in [0.25, 0.3) is 0 Å². The minimum atomic E-state index is -0.329. The molecule has 0 saturated carbocycles. The average Bonchev–Trinajstić information content (AvgIpc) is 2.19. The van der Waals surface area contributed by atoms with Crippen LogP contribution in [0.15, 0.2) is 22.7 Å². The van der Waals surface area contributed by atoms with Crippen molar-refractivity contribution in [3.05, 3.63) is 34.1 Å². The molecular weight excluding hydrogens is 251 g/mol. The summed E-state index contributed by atoms with van der Waals surface area (Å²) >= 11 is 3.24. The summed E-state index contributed by atoms with van der Waals surface area (Å²) < 4.78 is 18.4. The number of halogens is 2. The zero-order valence-electron chi connectivity index (χ0n) is 7.72. The van der Waals surface area contributed by atoms with Crippen molar-refractivity contribution in [3.63, 3.8) is 0 Å².